The predicted octanol–water partition coefficient (Wildman–Crippen LogP) is 4.16. The lowest BCUT2D eigenvalue weighted by atomic mass is 10.0. The number of rotatable bonds is 5. The summed E-state index contributed by atoms with van der Waals surface area (Å²) in [6.07, 6.45) is 1.66. The highest BCUT2D eigenvalue weighted by molar-refractivity contribution is 7.99. The van der Waals surface area contributed by atoms with Crippen LogP contribution in [0.4, 0.5) is 14.5 Å². The Kier molecular flexibility index (Phi) is 9.17. The first-order valence-corrected chi connectivity index (χ1v) is 12.0. The van der Waals surface area contributed by atoms with Gasteiger partial charge in [-0.3, -0.25) is 9.59 Å². The minimum absolute atomic E-state index is 0. The molecule has 2 aliphatic heterocycles. The van der Waals surface area contributed by atoms with E-state index in [9.17, 15) is 18.4 Å². The molecular formula is C23H25Cl2F2N3O3S. The molecule has 0 aromatic heterocycles. The second-order valence-corrected chi connectivity index (χ2v) is 9.64. The van der Waals surface area contributed by atoms with Crippen LogP contribution in [0.5, 0.6) is 0 Å². The van der Waals surface area contributed by atoms with Gasteiger partial charge in [-0.15, -0.1) is 24.2 Å². The van der Waals surface area contributed by atoms with Gasteiger partial charge in [-0.1, -0.05) is 17.7 Å². The van der Waals surface area contributed by atoms with Gasteiger partial charge in [0, 0.05) is 41.0 Å². The van der Waals surface area contributed by atoms with E-state index >= 15 is 0 Å². The van der Waals surface area contributed by atoms with Crippen LogP contribution in [0.15, 0.2) is 35.2 Å². The molecule has 34 heavy (non-hydrogen) atoms. The second kappa shape index (κ2) is 11.7. The van der Waals surface area contributed by atoms with Gasteiger partial charge in [-0.05, 0) is 43.0 Å². The van der Waals surface area contributed by atoms with Crippen molar-refractivity contribution in [1.82, 2.24) is 5.32 Å². The first-order valence-electron chi connectivity index (χ1n) is 10.7. The Bertz CT molecular complexity index is 1070. The minimum Gasteiger partial charge on any atom is -0.381 e. The number of hydrogen-bond donors (Lipinski definition) is 2. The Labute approximate surface area is 211 Å². The van der Waals surface area contributed by atoms with Crippen molar-refractivity contribution >= 4 is 53.3 Å². The Hall–Kier alpha value is -1.91. The topological polar surface area (TPSA) is 84.7 Å². The van der Waals surface area contributed by atoms with Crippen LogP contribution in [-0.2, 0) is 16.1 Å². The molecule has 0 saturated carbocycles. The molecule has 0 unspecified atom stereocenters. The van der Waals surface area contributed by atoms with Gasteiger partial charge in [0.25, 0.3) is 5.91 Å². The fourth-order valence-electron chi connectivity index (χ4n) is 3.88. The van der Waals surface area contributed by atoms with Gasteiger partial charge >= 0.3 is 0 Å². The maximum atomic E-state index is 14.9. The van der Waals surface area contributed by atoms with Gasteiger partial charge in [-0.25, -0.2) is 8.78 Å². The van der Waals surface area contributed by atoms with Crippen LogP contribution in [0.1, 0.15) is 28.8 Å². The van der Waals surface area contributed by atoms with E-state index in [4.69, 9.17) is 22.1 Å². The molecule has 0 spiro atoms. The van der Waals surface area contributed by atoms with E-state index in [2.05, 4.69) is 5.32 Å². The molecule has 2 aliphatic rings. The van der Waals surface area contributed by atoms with Gasteiger partial charge < -0.3 is 20.7 Å². The van der Waals surface area contributed by atoms with Crippen LogP contribution >= 0.6 is 35.8 Å². The molecule has 3 N–H and O–H groups in total. The van der Waals surface area contributed by atoms with E-state index in [0.29, 0.717) is 30.3 Å². The first kappa shape index (κ1) is 26.7. The molecule has 11 heteroatoms. The van der Waals surface area contributed by atoms with Crippen molar-refractivity contribution in [2.45, 2.75) is 30.3 Å². The maximum Gasteiger partial charge on any atom is 0.254 e. The maximum absolute atomic E-state index is 14.9. The summed E-state index contributed by atoms with van der Waals surface area (Å²) in [4.78, 5) is 27.6. The lowest BCUT2D eigenvalue weighted by Crippen LogP contribution is -2.44. The number of carbonyl (C=O) groups is 2. The number of hydrogen-bond acceptors (Lipinski definition) is 5. The van der Waals surface area contributed by atoms with Crippen LogP contribution in [0.3, 0.4) is 0 Å². The Morgan fingerprint density at radius 1 is 1.21 bits per heavy atom. The van der Waals surface area contributed by atoms with Gasteiger partial charge in [0.15, 0.2) is 0 Å². The largest absolute Gasteiger partial charge is 0.381 e. The third-order valence-corrected chi connectivity index (χ3v) is 7.22. The number of fused-ring (bicyclic) bond motifs is 1. The van der Waals surface area contributed by atoms with E-state index in [1.165, 1.54) is 40.9 Å². The summed E-state index contributed by atoms with van der Waals surface area (Å²) < 4.78 is 34.7. The number of benzene rings is 2. The average Bonchev–Trinajstić information content (AvgIpc) is 2.91. The molecule has 2 amide bonds. The van der Waals surface area contributed by atoms with Crippen LogP contribution < -0.4 is 16.0 Å². The number of nitrogens with zero attached hydrogens (tertiary/aromatic N) is 1. The molecule has 1 saturated heterocycles. The van der Waals surface area contributed by atoms with E-state index < -0.39 is 29.5 Å². The molecule has 1 atom stereocenters. The standard InChI is InChI=1S/C23H24ClF2N3O3S.ClH/c24-15-2-1-14(17(25)7-15)11-29-20-8-16(22(30)28-10-13-3-5-32-6-4-13)18(26)9-21(20)33-12-19(27)23(29)31;/h1-2,7-9,13,19H,3-6,10-12,27H2,(H,28,30);1H/t19-;/m0./s1. The lowest BCUT2D eigenvalue weighted by Gasteiger charge is -2.25. The van der Waals surface area contributed by atoms with Crippen molar-refractivity contribution in [1.29, 1.82) is 0 Å². The summed E-state index contributed by atoms with van der Waals surface area (Å²) in [6, 6.07) is 5.90. The Balaban J connectivity index is 0.00000324. The number of carbonyl (C=O) groups excluding carboxylic acids is 2. The minimum atomic E-state index is -0.855. The number of ether oxygens (including phenoxy) is 1. The van der Waals surface area contributed by atoms with Gasteiger partial charge in [0.1, 0.15) is 11.6 Å². The lowest BCUT2D eigenvalue weighted by molar-refractivity contribution is -0.119. The summed E-state index contributed by atoms with van der Waals surface area (Å²) >= 11 is 7.07. The van der Waals surface area contributed by atoms with Crippen molar-refractivity contribution in [3.8, 4) is 0 Å². The van der Waals surface area contributed by atoms with Crippen LogP contribution in [-0.4, -0.2) is 43.4 Å². The molecule has 1 fully saturated rings. The summed E-state index contributed by atoms with van der Waals surface area (Å²) in [6.45, 7) is 1.57. The SMILES string of the molecule is Cl.N[C@H]1CSc2cc(F)c(C(=O)NCC3CCOCC3)cc2N(Cc2ccc(Cl)cc2F)C1=O. The molecule has 2 aromatic carbocycles. The highest BCUT2D eigenvalue weighted by Crippen LogP contribution is 2.37. The van der Waals surface area contributed by atoms with Crippen LogP contribution in [0.2, 0.25) is 5.02 Å². The number of halogens is 4. The van der Waals surface area contributed by atoms with E-state index in [-0.39, 0.29) is 46.8 Å². The monoisotopic (exact) mass is 531 g/mol. The highest BCUT2D eigenvalue weighted by Gasteiger charge is 2.31. The van der Waals surface area contributed by atoms with E-state index in [1.54, 1.807) is 0 Å². The van der Waals surface area contributed by atoms with E-state index in [1.807, 2.05) is 0 Å². The summed E-state index contributed by atoms with van der Waals surface area (Å²) in [5.74, 6) is -1.75. The number of nitrogens with two attached hydrogens (primary N) is 1. The zero-order chi connectivity index (χ0) is 23.5. The van der Waals surface area contributed by atoms with Crippen molar-refractivity contribution in [3.05, 3.63) is 58.1 Å². The van der Waals surface area contributed by atoms with E-state index in [0.717, 1.165) is 18.9 Å². The Morgan fingerprint density at radius 2 is 1.94 bits per heavy atom. The number of thioether (sulfide) groups is 1. The fourth-order valence-corrected chi connectivity index (χ4v) is 5.04. The number of amides is 2. The number of anilines is 1. The predicted molar refractivity (Wildman–Crippen MR) is 131 cm³/mol. The normalized spacial score (nSPS) is 18.6. The molecule has 0 aliphatic carbocycles. The molecule has 0 radical (unpaired) electrons. The van der Waals surface area contributed by atoms with Crippen molar-refractivity contribution in [3.63, 3.8) is 0 Å². The number of nitrogens with one attached hydrogen (secondary N) is 1. The van der Waals surface area contributed by atoms with Gasteiger partial charge in [0.2, 0.25) is 5.91 Å². The first-order chi connectivity index (χ1) is 15.8. The van der Waals surface area contributed by atoms with Crippen molar-refractivity contribution in [2.24, 2.45) is 11.7 Å². The van der Waals surface area contributed by atoms with Crippen molar-refractivity contribution < 1.29 is 23.1 Å². The van der Waals surface area contributed by atoms with Crippen LogP contribution in [0.25, 0.3) is 0 Å². The average molecular weight is 532 g/mol. The third-order valence-electron chi connectivity index (χ3n) is 5.82. The molecule has 2 heterocycles. The van der Waals surface area contributed by atoms with Crippen LogP contribution in [0, 0.1) is 17.6 Å². The molecule has 6 nitrogen and oxygen atoms in total. The van der Waals surface area contributed by atoms with Gasteiger partial charge in [-0.2, -0.15) is 0 Å². The molecule has 184 valence electrons. The molecule has 4 rings (SSSR count). The summed E-state index contributed by atoms with van der Waals surface area (Å²) in [7, 11) is 0. The summed E-state index contributed by atoms with van der Waals surface area (Å²) in [5, 5.41) is 3.02. The van der Waals surface area contributed by atoms with Gasteiger partial charge in [0.05, 0.1) is 23.8 Å². The summed E-state index contributed by atoms with van der Waals surface area (Å²) in [5.41, 5.74) is 6.40. The smallest absolute Gasteiger partial charge is 0.254 e. The molecule has 2 aromatic rings. The third kappa shape index (κ3) is 6.01. The quantitative estimate of drug-likeness (QED) is 0.605. The Morgan fingerprint density at radius 3 is 2.65 bits per heavy atom. The second-order valence-electron chi connectivity index (χ2n) is 8.14. The zero-order valence-corrected chi connectivity index (χ0v) is 20.6. The highest BCUT2D eigenvalue weighted by atomic mass is 35.5. The zero-order valence-electron chi connectivity index (χ0n) is 18.2. The molecule has 0 bridgehead atoms. The van der Waals surface area contributed by atoms with Crippen molar-refractivity contribution in [2.75, 3.05) is 30.4 Å². The molecular weight excluding hydrogens is 507 g/mol. The fraction of sp³-hybridized carbons (Fsp3) is 0.391.